The third-order valence-corrected chi connectivity index (χ3v) is 3.33. The molecule has 0 spiro atoms. The van der Waals surface area contributed by atoms with Crippen molar-refractivity contribution in [2.24, 2.45) is 0 Å². The van der Waals surface area contributed by atoms with E-state index in [-0.39, 0.29) is 0 Å². The summed E-state index contributed by atoms with van der Waals surface area (Å²) in [5.74, 6) is 1.76. The summed E-state index contributed by atoms with van der Waals surface area (Å²) in [4.78, 5) is 11.1. The number of anilines is 1. The highest BCUT2D eigenvalue weighted by atomic mass is 16.5. The van der Waals surface area contributed by atoms with Crippen LogP contribution in [0.15, 0.2) is 12.4 Å². The van der Waals surface area contributed by atoms with Crippen LogP contribution in [0.2, 0.25) is 0 Å². The van der Waals surface area contributed by atoms with E-state index in [9.17, 15) is 0 Å². The van der Waals surface area contributed by atoms with Gasteiger partial charge < -0.3 is 9.64 Å². The lowest BCUT2D eigenvalue weighted by atomic mass is 10.2. The quantitative estimate of drug-likeness (QED) is 0.757. The van der Waals surface area contributed by atoms with Gasteiger partial charge >= 0.3 is 0 Å². The Labute approximate surface area is 95.7 Å². The van der Waals surface area contributed by atoms with Crippen molar-refractivity contribution >= 4 is 5.82 Å². The molecule has 1 unspecified atom stereocenters. The van der Waals surface area contributed by atoms with Gasteiger partial charge in [0, 0.05) is 24.2 Å². The third-order valence-electron chi connectivity index (χ3n) is 3.33. The fourth-order valence-corrected chi connectivity index (χ4v) is 2.19. The monoisotopic (exact) mass is 219 g/mol. The third kappa shape index (κ3) is 1.89. The highest BCUT2D eigenvalue weighted by Crippen LogP contribution is 2.39. The van der Waals surface area contributed by atoms with E-state index in [1.807, 2.05) is 0 Å². The van der Waals surface area contributed by atoms with E-state index >= 15 is 0 Å². The van der Waals surface area contributed by atoms with E-state index < -0.39 is 0 Å². The Morgan fingerprint density at radius 2 is 2.25 bits per heavy atom. The van der Waals surface area contributed by atoms with Gasteiger partial charge in [-0.3, -0.25) is 0 Å². The summed E-state index contributed by atoms with van der Waals surface area (Å²) >= 11 is 0. The van der Waals surface area contributed by atoms with Crippen LogP contribution in [-0.2, 0) is 4.74 Å². The summed E-state index contributed by atoms with van der Waals surface area (Å²) in [5.41, 5.74) is 1.21. The largest absolute Gasteiger partial charge is 0.377 e. The fraction of sp³-hybridized carbons (Fsp3) is 0.667. The first-order valence-electron chi connectivity index (χ1n) is 6.01. The maximum absolute atomic E-state index is 5.44. The molecule has 1 saturated carbocycles. The first kappa shape index (κ1) is 10.0. The molecule has 1 saturated heterocycles. The molecule has 1 aliphatic carbocycles. The van der Waals surface area contributed by atoms with Crippen LogP contribution in [0.4, 0.5) is 5.82 Å². The number of morpholine rings is 1. The van der Waals surface area contributed by atoms with E-state index in [2.05, 4.69) is 27.9 Å². The van der Waals surface area contributed by atoms with Crippen LogP contribution in [0.1, 0.15) is 31.4 Å². The lowest BCUT2D eigenvalue weighted by molar-refractivity contribution is 0.0985. The number of aromatic nitrogens is 2. The molecular weight excluding hydrogens is 202 g/mol. The summed E-state index contributed by atoms with van der Waals surface area (Å²) in [5, 5.41) is 0. The van der Waals surface area contributed by atoms with Crippen LogP contribution < -0.4 is 4.90 Å². The van der Waals surface area contributed by atoms with Crippen molar-refractivity contribution in [3.8, 4) is 0 Å². The first-order valence-corrected chi connectivity index (χ1v) is 6.01. The second kappa shape index (κ2) is 4.01. The van der Waals surface area contributed by atoms with Crippen LogP contribution in [0.3, 0.4) is 0 Å². The second-order valence-corrected chi connectivity index (χ2v) is 4.69. The van der Waals surface area contributed by atoms with Crippen LogP contribution in [-0.4, -0.2) is 35.8 Å². The molecule has 86 valence electrons. The lowest BCUT2D eigenvalue weighted by Crippen LogP contribution is -2.44. The molecule has 0 amide bonds. The topological polar surface area (TPSA) is 38.2 Å². The van der Waals surface area contributed by atoms with Crippen molar-refractivity contribution < 1.29 is 4.74 Å². The summed E-state index contributed by atoms with van der Waals surface area (Å²) in [6.07, 6.45) is 4.27. The second-order valence-electron chi connectivity index (χ2n) is 4.69. The van der Waals surface area contributed by atoms with Gasteiger partial charge in [-0.1, -0.05) is 0 Å². The average molecular weight is 219 g/mol. The molecule has 16 heavy (non-hydrogen) atoms. The summed E-state index contributed by atoms with van der Waals surface area (Å²) in [7, 11) is 0. The number of ether oxygens (including phenoxy) is 1. The Balaban J connectivity index is 1.83. The van der Waals surface area contributed by atoms with Gasteiger partial charge in [-0.25, -0.2) is 9.97 Å². The summed E-state index contributed by atoms with van der Waals surface area (Å²) in [6, 6.07) is 2.56. The first-order chi connectivity index (χ1) is 7.84. The van der Waals surface area contributed by atoms with Gasteiger partial charge in [-0.15, -0.1) is 0 Å². The van der Waals surface area contributed by atoms with E-state index in [0.29, 0.717) is 12.0 Å². The molecule has 4 nitrogen and oxygen atoms in total. The molecule has 0 bridgehead atoms. The minimum absolute atomic E-state index is 0.413. The maximum atomic E-state index is 5.44. The minimum atomic E-state index is 0.413. The maximum Gasteiger partial charge on any atom is 0.132 e. The molecule has 4 heteroatoms. The smallest absolute Gasteiger partial charge is 0.132 e. The predicted molar refractivity (Wildman–Crippen MR) is 61.6 cm³/mol. The minimum Gasteiger partial charge on any atom is -0.377 e. The number of hydrogen-bond donors (Lipinski definition) is 0. The molecule has 2 aliphatic rings. The summed E-state index contributed by atoms with van der Waals surface area (Å²) in [6.45, 7) is 4.70. The van der Waals surface area contributed by atoms with Crippen molar-refractivity contribution in [1.29, 1.82) is 0 Å². The normalized spacial score (nSPS) is 25.8. The van der Waals surface area contributed by atoms with Gasteiger partial charge in [0.15, 0.2) is 0 Å². The van der Waals surface area contributed by atoms with Crippen molar-refractivity contribution in [2.75, 3.05) is 24.7 Å². The van der Waals surface area contributed by atoms with E-state index in [1.54, 1.807) is 6.33 Å². The van der Waals surface area contributed by atoms with E-state index in [4.69, 9.17) is 4.74 Å². The molecule has 1 aliphatic heterocycles. The standard InChI is InChI=1S/C12H17N3O/c1-9-7-16-5-4-15(9)12-6-11(10-2-3-10)13-8-14-12/h6,8-10H,2-5,7H2,1H3. The molecule has 1 aromatic rings. The number of nitrogens with zero attached hydrogens (tertiary/aromatic N) is 3. The Morgan fingerprint density at radius 3 is 3.00 bits per heavy atom. The van der Waals surface area contributed by atoms with Crippen LogP contribution >= 0.6 is 0 Å². The Bertz CT molecular complexity index is 378. The van der Waals surface area contributed by atoms with Crippen LogP contribution in [0.5, 0.6) is 0 Å². The molecule has 2 fully saturated rings. The van der Waals surface area contributed by atoms with Gasteiger partial charge in [-0.05, 0) is 19.8 Å². The zero-order valence-electron chi connectivity index (χ0n) is 9.59. The van der Waals surface area contributed by atoms with Crippen molar-refractivity contribution in [1.82, 2.24) is 9.97 Å². The van der Waals surface area contributed by atoms with Crippen molar-refractivity contribution in [3.05, 3.63) is 18.1 Å². The molecule has 0 N–H and O–H groups in total. The molecule has 1 aromatic heterocycles. The van der Waals surface area contributed by atoms with Crippen molar-refractivity contribution in [2.45, 2.75) is 31.7 Å². The van der Waals surface area contributed by atoms with Crippen molar-refractivity contribution in [3.63, 3.8) is 0 Å². The molecule has 2 heterocycles. The predicted octanol–water partition coefficient (Wildman–Crippen LogP) is 1.58. The van der Waals surface area contributed by atoms with Crippen LogP contribution in [0, 0.1) is 0 Å². The zero-order chi connectivity index (χ0) is 11.0. The van der Waals surface area contributed by atoms with Gasteiger partial charge in [0.2, 0.25) is 0 Å². The van der Waals surface area contributed by atoms with E-state index in [0.717, 1.165) is 25.6 Å². The molecule has 0 radical (unpaired) electrons. The van der Waals surface area contributed by atoms with Crippen LogP contribution in [0.25, 0.3) is 0 Å². The van der Waals surface area contributed by atoms with Gasteiger partial charge in [0.05, 0.1) is 19.3 Å². The lowest BCUT2D eigenvalue weighted by Gasteiger charge is -2.34. The molecule has 0 aromatic carbocycles. The fourth-order valence-electron chi connectivity index (χ4n) is 2.19. The van der Waals surface area contributed by atoms with E-state index in [1.165, 1.54) is 18.5 Å². The Hall–Kier alpha value is -1.16. The van der Waals surface area contributed by atoms with Gasteiger partial charge in [-0.2, -0.15) is 0 Å². The molecular formula is C12H17N3O. The number of rotatable bonds is 2. The highest BCUT2D eigenvalue weighted by Gasteiger charge is 2.27. The Morgan fingerprint density at radius 1 is 1.38 bits per heavy atom. The van der Waals surface area contributed by atoms with Gasteiger partial charge in [0.1, 0.15) is 12.1 Å². The molecule has 1 atom stereocenters. The molecule has 3 rings (SSSR count). The number of hydrogen-bond acceptors (Lipinski definition) is 4. The summed E-state index contributed by atoms with van der Waals surface area (Å²) < 4.78 is 5.44. The SMILES string of the molecule is CC1COCCN1c1cc(C2CC2)ncn1. The van der Waals surface area contributed by atoms with Gasteiger partial charge in [0.25, 0.3) is 0 Å². The Kier molecular flexibility index (Phi) is 2.52. The highest BCUT2D eigenvalue weighted by molar-refractivity contribution is 5.41. The average Bonchev–Trinajstić information content (AvgIpc) is 3.14. The zero-order valence-corrected chi connectivity index (χ0v) is 9.59.